The molecule has 0 amide bonds. The van der Waals surface area contributed by atoms with Crippen LogP contribution in [0.3, 0.4) is 0 Å². The first-order chi connectivity index (χ1) is 7.11. The fraction of sp³-hybridized carbons (Fsp3) is 0.500. The summed E-state index contributed by atoms with van der Waals surface area (Å²) in [5.41, 5.74) is 0.581. The van der Waals surface area contributed by atoms with Gasteiger partial charge in [0.15, 0.2) is 0 Å². The molecule has 0 radical (unpaired) electrons. The minimum absolute atomic E-state index is 0. The Morgan fingerprint density at radius 3 is 2.75 bits per heavy atom. The Kier molecular flexibility index (Phi) is 8.08. The van der Waals surface area contributed by atoms with Crippen LogP contribution in [0.2, 0.25) is 0 Å². The lowest BCUT2D eigenvalue weighted by Crippen LogP contribution is -3.06. The normalized spacial score (nSPS) is 10.2. The number of furan rings is 1. The van der Waals surface area contributed by atoms with Crippen LogP contribution < -0.4 is 28.9 Å². The number of nitrogens with one attached hydrogen (secondary N) is 1. The van der Waals surface area contributed by atoms with Crippen molar-refractivity contribution >= 4 is 17.2 Å². The van der Waals surface area contributed by atoms with E-state index in [2.05, 4.69) is 0 Å². The molecule has 1 rings (SSSR count). The van der Waals surface area contributed by atoms with E-state index >= 15 is 0 Å². The van der Waals surface area contributed by atoms with E-state index in [1.54, 1.807) is 13.0 Å². The molecule has 0 atom stereocenters. The van der Waals surface area contributed by atoms with Crippen LogP contribution in [0.4, 0.5) is 0 Å². The molecule has 0 fully saturated rings. The van der Waals surface area contributed by atoms with Crippen molar-refractivity contribution in [2.75, 3.05) is 27.2 Å². The molecule has 0 saturated carbocycles. The summed E-state index contributed by atoms with van der Waals surface area (Å²) in [6.07, 6.45) is 1.51. The monoisotopic (exact) mass is 357 g/mol. The molecule has 1 aromatic rings. The maximum Gasteiger partial charge on any atom is 0.249 e. The van der Waals surface area contributed by atoms with E-state index in [1.807, 2.05) is 14.1 Å². The van der Waals surface area contributed by atoms with Crippen molar-refractivity contribution in [2.45, 2.75) is 6.92 Å². The highest BCUT2D eigenvalue weighted by molar-refractivity contribution is 8.10. The molecule has 0 saturated heterocycles. The van der Waals surface area contributed by atoms with Gasteiger partial charge in [-0.1, -0.05) is 0 Å². The predicted molar refractivity (Wildman–Crippen MR) is 59.0 cm³/mol. The molecule has 16 heavy (non-hydrogen) atoms. The maximum atomic E-state index is 11.5. The van der Waals surface area contributed by atoms with E-state index in [0.717, 1.165) is 18.6 Å². The second kappa shape index (κ2) is 8.10. The van der Waals surface area contributed by atoms with Crippen LogP contribution >= 0.6 is 12.0 Å². The van der Waals surface area contributed by atoms with Gasteiger partial charge in [0.2, 0.25) is 5.12 Å². The number of carbonyl (C=O) groups is 1. The predicted octanol–water partition coefficient (Wildman–Crippen LogP) is -2.46. The lowest BCUT2D eigenvalue weighted by Gasteiger charge is -2.05. The highest BCUT2D eigenvalue weighted by Gasteiger charge is 2.12. The number of halogens is 1. The van der Waals surface area contributed by atoms with Crippen molar-refractivity contribution < 1.29 is 42.3 Å². The largest absolute Gasteiger partial charge is 1.00 e. The number of quaternary nitrogens is 1. The van der Waals surface area contributed by atoms with Crippen molar-refractivity contribution in [1.82, 2.24) is 0 Å². The second-order valence-corrected chi connectivity index (χ2v) is 4.31. The van der Waals surface area contributed by atoms with E-state index in [4.69, 9.17) is 8.60 Å². The van der Waals surface area contributed by atoms with Gasteiger partial charge in [-0.05, 0) is 13.0 Å². The number of likely N-dealkylation sites (N-methyl/N-ethyl adjacent to an activating group) is 1. The summed E-state index contributed by atoms with van der Waals surface area (Å²) in [6.45, 7) is 3.21. The lowest BCUT2D eigenvalue weighted by atomic mass is 10.3. The molecule has 4 nitrogen and oxygen atoms in total. The summed E-state index contributed by atoms with van der Waals surface area (Å²) in [6, 6.07) is 1.66. The second-order valence-electron chi connectivity index (χ2n) is 3.54. The molecule has 1 N–H and O–H groups in total. The summed E-state index contributed by atoms with van der Waals surface area (Å²) in [7, 11) is 4.08. The van der Waals surface area contributed by atoms with Crippen molar-refractivity contribution in [3.05, 3.63) is 23.7 Å². The molecule has 6 heteroatoms. The van der Waals surface area contributed by atoms with Crippen molar-refractivity contribution in [1.29, 1.82) is 0 Å². The van der Waals surface area contributed by atoms with Crippen LogP contribution in [0, 0.1) is 6.92 Å². The molecule has 0 aliphatic carbocycles. The smallest absolute Gasteiger partial charge is 0.249 e. The van der Waals surface area contributed by atoms with E-state index in [-0.39, 0.29) is 29.1 Å². The number of hydrogen-bond acceptors (Lipinski definition) is 4. The van der Waals surface area contributed by atoms with Gasteiger partial charge in [0.1, 0.15) is 18.9 Å². The Morgan fingerprint density at radius 2 is 2.25 bits per heavy atom. The van der Waals surface area contributed by atoms with Gasteiger partial charge in [0, 0.05) is 0 Å². The molecule has 0 spiro atoms. The molecule has 1 heterocycles. The third kappa shape index (κ3) is 5.33. The summed E-state index contributed by atoms with van der Waals surface area (Å²) >= 11 is 0.878. The molecular weight excluding hydrogens is 341 g/mol. The molecule has 1 aromatic heterocycles. The maximum absolute atomic E-state index is 11.5. The molecule has 0 unspecified atom stereocenters. The van der Waals surface area contributed by atoms with E-state index in [9.17, 15) is 4.79 Å². The average Bonchev–Trinajstić information content (AvgIpc) is 2.58. The van der Waals surface area contributed by atoms with Crippen LogP contribution in [0.5, 0.6) is 0 Å². The fourth-order valence-corrected chi connectivity index (χ4v) is 1.56. The minimum atomic E-state index is -0.102. The van der Waals surface area contributed by atoms with Crippen LogP contribution in [0.1, 0.15) is 16.1 Å². The van der Waals surface area contributed by atoms with Gasteiger partial charge < -0.3 is 37.5 Å². The Bertz CT molecular complexity index is 328. The van der Waals surface area contributed by atoms with Gasteiger partial charge in [-0.3, -0.25) is 4.79 Å². The highest BCUT2D eigenvalue weighted by atomic mass is 127. The van der Waals surface area contributed by atoms with Crippen LogP contribution in [-0.2, 0) is 4.18 Å². The lowest BCUT2D eigenvalue weighted by molar-refractivity contribution is -0.858. The van der Waals surface area contributed by atoms with Gasteiger partial charge in [-0.25, -0.2) is 0 Å². The zero-order valence-electron chi connectivity index (χ0n) is 9.58. The zero-order chi connectivity index (χ0) is 11.3. The van der Waals surface area contributed by atoms with Crippen molar-refractivity contribution in [2.24, 2.45) is 0 Å². The zero-order valence-corrected chi connectivity index (χ0v) is 12.6. The fourth-order valence-electron chi connectivity index (χ4n) is 0.983. The third-order valence-corrected chi connectivity index (χ3v) is 2.55. The van der Waals surface area contributed by atoms with Crippen molar-refractivity contribution in [3.63, 3.8) is 0 Å². The molecule has 0 bridgehead atoms. The standard InChI is InChI=1S/C10H15NO3S.HI/c1-8-9(4-6-13-8)10(12)15-14-7-5-11(2)3;/h4,6H,5,7H2,1-3H3;1H. The average molecular weight is 357 g/mol. The quantitative estimate of drug-likeness (QED) is 0.361. The Morgan fingerprint density at radius 1 is 1.56 bits per heavy atom. The van der Waals surface area contributed by atoms with Gasteiger partial charge in [-0.15, -0.1) is 0 Å². The summed E-state index contributed by atoms with van der Waals surface area (Å²) in [5, 5.41) is -0.102. The van der Waals surface area contributed by atoms with E-state index in [1.165, 1.54) is 11.2 Å². The minimum Gasteiger partial charge on any atom is -1.00 e. The van der Waals surface area contributed by atoms with Gasteiger partial charge in [0.05, 0.1) is 38.0 Å². The van der Waals surface area contributed by atoms with Crippen LogP contribution in [0.25, 0.3) is 0 Å². The summed E-state index contributed by atoms with van der Waals surface area (Å²) < 4.78 is 10.2. The number of carbonyl (C=O) groups excluding carboxylic acids is 1. The Balaban J connectivity index is 0.00000225. The molecule has 0 aliphatic rings. The van der Waals surface area contributed by atoms with Crippen LogP contribution in [-0.4, -0.2) is 32.4 Å². The topological polar surface area (TPSA) is 43.9 Å². The summed E-state index contributed by atoms with van der Waals surface area (Å²) in [5.74, 6) is 0.634. The van der Waals surface area contributed by atoms with E-state index in [0.29, 0.717) is 17.9 Å². The first-order valence-electron chi connectivity index (χ1n) is 4.78. The van der Waals surface area contributed by atoms with Gasteiger partial charge in [0.25, 0.3) is 0 Å². The number of hydrogen-bond donors (Lipinski definition) is 1. The summed E-state index contributed by atoms with van der Waals surface area (Å²) in [4.78, 5) is 12.8. The number of aryl methyl sites for hydroxylation is 1. The van der Waals surface area contributed by atoms with Gasteiger partial charge >= 0.3 is 0 Å². The number of rotatable bonds is 5. The van der Waals surface area contributed by atoms with Gasteiger partial charge in [-0.2, -0.15) is 0 Å². The first kappa shape index (κ1) is 16.0. The van der Waals surface area contributed by atoms with Crippen molar-refractivity contribution in [3.8, 4) is 0 Å². The molecular formula is C10H16INO3S. The molecule has 92 valence electrons. The van der Waals surface area contributed by atoms with E-state index < -0.39 is 0 Å². The Labute approximate surface area is 117 Å². The first-order valence-corrected chi connectivity index (χ1v) is 5.52. The van der Waals surface area contributed by atoms with Crippen LogP contribution in [0.15, 0.2) is 16.7 Å². The Hall–Kier alpha value is -0.0500. The SMILES string of the molecule is Cc1occc1C(=O)SOCC[NH+](C)C.[I-]. The molecule has 0 aromatic carbocycles. The third-order valence-electron chi connectivity index (χ3n) is 1.90. The highest BCUT2D eigenvalue weighted by Crippen LogP contribution is 2.17. The molecule has 0 aliphatic heterocycles.